The van der Waals surface area contributed by atoms with Crippen molar-refractivity contribution >= 4 is 23.1 Å². The van der Waals surface area contributed by atoms with Gasteiger partial charge in [0, 0.05) is 6.92 Å². The standard InChI is InChI=1S/C10H13NO3S/c1-6(12)8-11-5-7(15-8)9(13)14-10(2,3)4/h5H,1-4H3. The average Bonchev–Trinajstić information content (AvgIpc) is 2.47. The molecule has 0 aliphatic rings. The third-order valence-corrected chi connectivity index (χ3v) is 2.49. The molecule has 0 N–H and O–H groups in total. The summed E-state index contributed by atoms with van der Waals surface area (Å²) in [7, 11) is 0. The van der Waals surface area contributed by atoms with Gasteiger partial charge < -0.3 is 4.74 Å². The van der Waals surface area contributed by atoms with Crippen molar-refractivity contribution in [2.45, 2.75) is 33.3 Å². The lowest BCUT2D eigenvalue weighted by Gasteiger charge is -2.18. The summed E-state index contributed by atoms with van der Waals surface area (Å²) >= 11 is 1.05. The number of carbonyl (C=O) groups excluding carboxylic acids is 2. The number of carbonyl (C=O) groups is 2. The summed E-state index contributed by atoms with van der Waals surface area (Å²) in [6, 6.07) is 0. The molecule has 0 spiro atoms. The number of hydrogen-bond donors (Lipinski definition) is 0. The number of rotatable bonds is 2. The van der Waals surface area contributed by atoms with Crippen molar-refractivity contribution in [3.8, 4) is 0 Å². The zero-order valence-electron chi connectivity index (χ0n) is 9.16. The Labute approximate surface area is 92.3 Å². The van der Waals surface area contributed by atoms with Gasteiger partial charge in [-0.25, -0.2) is 9.78 Å². The number of esters is 1. The van der Waals surface area contributed by atoms with Gasteiger partial charge in [-0.05, 0) is 20.8 Å². The van der Waals surface area contributed by atoms with E-state index in [-0.39, 0.29) is 5.78 Å². The van der Waals surface area contributed by atoms with E-state index in [0.29, 0.717) is 9.88 Å². The normalized spacial score (nSPS) is 11.2. The van der Waals surface area contributed by atoms with Crippen LogP contribution in [0.25, 0.3) is 0 Å². The van der Waals surface area contributed by atoms with E-state index < -0.39 is 11.6 Å². The van der Waals surface area contributed by atoms with E-state index in [0.717, 1.165) is 11.3 Å². The lowest BCUT2D eigenvalue weighted by atomic mass is 10.2. The van der Waals surface area contributed by atoms with Gasteiger partial charge in [0.05, 0.1) is 6.20 Å². The second-order valence-corrected chi connectivity index (χ2v) is 5.12. The van der Waals surface area contributed by atoms with Gasteiger partial charge in [-0.3, -0.25) is 4.79 Å². The summed E-state index contributed by atoms with van der Waals surface area (Å²) in [5.74, 6) is -0.581. The van der Waals surface area contributed by atoms with Gasteiger partial charge in [-0.1, -0.05) is 0 Å². The van der Waals surface area contributed by atoms with Crippen LogP contribution in [-0.4, -0.2) is 22.3 Å². The maximum atomic E-state index is 11.5. The summed E-state index contributed by atoms with van der Waals surface area (Å²) in [5, 5.41) is 0.329. The first-order valence-electron chi connectivity index (χ1n) is 4.50. The van der Waals surface area contributed by atoms with E-state index in [1.807, 2.05) is 0 Å². The first-order chi connectivity index (χ1) is 6.79. The Bertz CT molecular complexity index is 390. The zero-order chi connectivity index (χ0) is 11.6. The number of Topliss-reactive ketones (excluding diaryl/α,β-unsaturated/α-hetero) is 1. The molecule has 5 heteroatoms. The Morgan fingerprint density at radius 2 is 2.00 bits per heavy atom. The molecule has 1 rings (SSSR count). The highest BCUT2D eigenvalue weighted by atomic mass is 32.1. The third-order valence-electron chi connectivity index (χ3n) is 1.41. The van der Waals surface area contributed by atoms with Crippen molar-refractivity contribution < 1.29 is 14.3 Å². The van der Waals surface area contributed by atoms with Crippen molar-refractivity contribution in [2.24, 2.45) is 0 Å². The van der Waals surface area contributed by atoms with E-state index in [1.54, 1.807) is 20.8 Å². The Morgan fingerprint density at radius 1 is 1.40 bits per heavy atom. The minimum Gasteiger partial charge on any atom is -0.456 e. The van der Waals surface area contributed by atoms with E-state index in [2.05, 4.69) is 4.98 Å². The smallest absolute Gasteiger partial charge is 0.350 e. The number of ether oxygens (including phenoxy) is 1. The lowest BCUT2D eigenvalue weighted by molar-refractivity contribution is 0.00749. The summed E-state index contributed by atoms with van der Waals surface area (Å²) in [5.41, 5.74) is -0.530. The molecule has 1 heterocycles. The maximum absolute atomic E-state index is 11.5. The molecule has 0 aromatic carbocycles. The first-order valence-corrected chi connectivity index (χ1v) is 5.31. The highest BCUT2D eigenvalue weighted by Gasteiger charge is 2.20. The second-order valence-electron chi connectivity index (χ2n) is 4.09. The minimum absolute atomic E-state index is 0.144. The zero-order valence-corrected chi connectivity index (χ0v) is 9.97. The second kappa shape index (κ2) is 4.10. The van der Waals surface area contributed by atoms with Gasteiger partial charge in [-0.2, -0.15) is 0 Å². The molecule has 1 aromatic heterocycles. The van der Waals surface area contributed by atoms with Gasteiger partial charge in [0.2, 0.25) is 0 Å². The maximum Gasteiger partial charge on any atom is 0.350 e. The average molecular weight is 227 g/mol. The Kier molecular flexibility index (Phi) is 3.24. The summed E-state index contributed by atoms with van der Waals surface area (Å²) in [6.07, 6.45) is 1.37. The molecule has 0 aliphatic heterocycles. The summed E-state index contributed by atoms with van der Waals surface area (Å²) in [6.45, 7) is 6.78. The van der Waals surface area contributed by atoms with Crippen molar-refractivity contribution in [1.29, 1.82) is 0 Å². The minimum atomic E-state index is -0.530. The Hall–Kier alpha value is -1.23. The molecule has 1 aromatic rings. The molecule has 0 radical (unpaired) electrons. The molecule has 0 unspecified atom stereocenters. The number of hydrogen-bond acceptors (Lipinski definition) is 5. The quantitative estimate of drug-likeness (QED) is 0.574. The van der Waals surface area contributed by atoms with Crippen LogP contribution in [0.5, 0.6) is 0 Å². The third kappa shape index (κ3) is 3.43. The number of thiazole rings is 1. The van der Waals surface area contributed by atoms with Crippen molar-refractivity contribution in [1.82, 2.24) is 4.98 Å². The van der Waals surface area contributed by atoms with Crippen LogP contribution in [0.2, 0.25) is 0 Å². The molecule has 0 saturated heterocycles. The van der Waals surface area contributed by atoms with Crippen LogP contribution in [0.3, 0.4) is 0 Å². The molecule has 15 heavy (non-hydrogen) atoms. The van der Waals surface area contributed by atoms with Crippen LogP contribution in [0.4, 0.5) is 0 Å². The van der Waals surface area contributed by atoms with Crippen LogP contribution in [0.1, 0.15) is 47.2 Å². The monoisotopic (exact) mass is 227 g/mol. The van der Waals surface area contributed by atoms with Gasteiger partial charge in [-0.15, -0.1) is 11.3 Å². The first kappa shape index (κ1) is 11.8. The predicted molar refractivity (Wildman–Crippen MR) is 57.3 cm³/mol. The highest BCUT2D eigenvalue weighted by molar-refractivity contribution is 7.15. The van der Waals surface area contributed by atoms with Gasteiger partial charge >= 0.3 is 5.97 Å². The highest BCUT2D eigenvalue weighted by Crippen LogP contribution is 2.17. The van der Waals surface area contributed by atoms with Crippen molar-refractivity contribution in [2.75, 3.05) is 0 Å². The van der Waals surface area contributed by atoms with Crippen LogP contribution in [-0.2, 0) is 4.74 Å². The topological polar surface area (TPSA) is 56.3 Å². The fourth-order valence-electron chi connectivity index (χ4n) is 0.860. The molecular formula is C10H13NO3S. The van der Waals surface area contributed by atoms with Crippen molar-refractivity contribution in [3.05, 3.63) is 16.1 Å². The van der Waals surface area contributed by atoms with Crippen LogP contribution >= 0.6 is 11.3 Å². The predicted octanol–water partition coefficient (Wildman–Crippen LogP) is 2.30. The molecule has 0 bridgehead atoms. The largest absolute Gasteiger partial charge is 0.456 e. The van der Waals surface area contributed by atoms with Crippen LogP contribution in [0, 0.1) is 0 Å². The molecule has 0 fully saturated rings. The number of nitrogens with zero attached hydrogens (tertiary/aromatic N) is 1. The van der Waals surface area contributed by atoms with E-state index >= 15 is 0 Å². The fraction of sp³-hybridized carbons (Fsp3) is 0.500. The summed E-state index contributed by atoms with van der Waals surface area (Å²) < 4.78 is 5.14. The molecule has 0 saturated carbocycles. The fourth-order valence-corrected chi connectivity index (χ4v) is 1.55. The van der Waals surface area contributed by atoms with E-state index in [1.165, 1.54) is 13.1 Å². The van der Waals surface area contributed by atoms with Crippen LogP contribution in [0.15, 0.2) is 6.20 Å². The molecule has 4 nitrogen and oxygen atoms in total. The lowest BCUT2D eigenvalue weighted by Crippen LogP contribution is -2.23. The molecular weight excluding hydrogens is 214 g/mol. The van der Waals surface area contributed by atoms with Gasteiger partial charge in [0.25, 0.3) is 0 Å². The number of ketones is 1. The SMILES string of the molecule is CC(=O)c1ncc(C(=O)OC(C)(C)C)s1. The van der Waals surface area contributed by atoms with Gasteiger partial charge in [0.1, 0.15) is 10.5 Å². The van der Waals surface area contributed by atoms with E-state index in [4.69, 9.17) is 4.74 Å². The Morgan fingerprint density at radius 3 is 2.40 bits per heavy atom. The van der Waals surface area contributed by atoms with Gasteiger partial charge in [0.15, 0.2) is 10.8 Å². The molecule has 0 aliphatic carbocycles. The Balaban J connectivity index is 2.79. The molecule has 0 amide bonds. The van der Waals surface area contributed by atoms with E-state index in [9.17, 15) is 9.59 Å². The summed E-state index contributed by atoms with van der Waals surface area (Å²) in [4.78, 5) is 26.7. The van der Waals surface area contributed by atoms with Crippen LogP contribution < -0.4 is 0 Å². The molecule has 0 atom stereocenters. The van der Waals surface area contributed by atoms with Crippen molar-refractivity contribution in [3.63, 3.8) is 0 Å². The number of aromatic nitrogens is 1. The molecule has 82 valence electrons.